The molecule has 0 aromatic heterocycles. The van der Waals surface area contributed by atoms with Crippen molar-refractivity contribution in [2.24, 2.45) is 5.92 Å². The van der Waals surface area contributed by atoms with Gasteiger partial charge < -0.3 is 10.6 Å². The minimum absolute atomic E-state index is 0.0138. The lowest BCUT2D eigenvalue weighted by molar-refractivity contribution is -0.178. The highest BCUT2D eigenvalue weighted by Gasteiger charge is 2.59. The van der Waals surface area contributed by atoms with Crippen LogP contribution in [0.15, 0.2) is 18.2 Å². The average molecular weight is 339 g/mol. The van der Waals surface area contributed by atoms with E-state index in [2.05, 4.69) is 29.0 Å². The van der Waals surface area contributed by atoms with E-state index in [0.717, 1.165) is 18.9 Å². The Morgan fingerprint density at radius 2 is 2.00 bits per heavy atom. The van der Waals surface area contributed by atoms with Crippen molar-refractivity contribution in [1.29, 1.82) is 0 Å². The van der Waals surface area contributed by atoms with Crippen LogP contribution in [0.3, 0.4) is 0 Å². The number of fused-ring (bicyclic) bond motifs is 1. The minimum Gasteiger partial charge on any atom is -0.310 e. The van der Waals surface area contributed by atoms with Crippen LogP contribution in [0.4, 0.5) is 23.7 Å². The van der Waals surface area contributed by atoms with Crippen molar-refractivity contribution < 1.29 is 18.0 Å². The Morgan fingerprint density at radius 1 is 1.26 bits per heavy atom. The second-order valence-electron chi connectivity index (χ2n) is 5.31. The number of benzene rings is 1. The van der Waals surface area contributed by atoms with Crippen molar-refractivity contribution in [2.75, 3.05) is 5.32 Å². The predicted octanol–water partition coefficient (Wildman–Crippen LogP) is 3.65. The van der Waals surface area contributed by atoms with Crippen LogP contribution >= 0.6 is 11.6 Å². The molecule has 1 aromatic carbocycles. The summed E-state index contributed by atoms with van der Waals surface area (Å²) in [7, 11) is 0. The summed E-state index contributed by atoms with van der Waals surface area (Å²) in [6.07, 6.45) is -2.95. The van der Waals surface area contributed by atoms with Crippen LogP contribution < -0.4 is 10.6 Å². The minimum atomic E-state index is -4.83. The third-order valence-electron chi connectivity index (χ3n) is 3.53. The van der Waals surface area contributed by atoms with Gasteiger partial charge in [0.2, 0.25) is 5.54 Å². The van der Waals surface area contributed by atoms with Gasteiger partial charge in [-0.2, -0.15) is 13.2 Å². The van der Waals surface area contributed by atoms with Gasteiger partial charge in [-0.05, 0) is 48.8 Å². The van der Waals surface area contributed by atoms with E-state index < -0.39 is 17.7 Å². The summed E-state index contributed by atoms with van der Waals surface area (Å²) in [5.41, 5.74) is -3.08. The van der Waals surface area contributed by atoms with Crippen LogP contribution in [0.1, 0.15) is 18.4 Å². The molecule has 118 valence electrons. The number of carbonyl (C=O) groups excluding carboxylic acids is 1. The zero-order valence-corrected chi connectivity index (χ0v) is 12.4. The first-order chi connectivity index (χ1) is 10.8. The molecular weight excluding hydrogens is 329 g/mol. The second kappa shape index (κ2) is 5.40. The lowest BCUT2D eigenvalue weighted by Gasteiger charge is -2.37. The monoisotopic (exact) mass is 338 g/mol. The first-order valence-corrected chi connectivity index (χ1v) is 7.18. The number of urea groups is 1. The molecule has 0 bridgehead atoms. The van der Waals surface area contributed by atoms with Crippen molar-refractivity contribution in [2.45, 2.75) is 24.6 Å². The van der Waals surface area contributed by atoms with Crippen molar-refractivity contribution in [3.63, 3.8) is 0 Å². The predicted molar refractivity (Wildman–Crippen MR) is 79.6 cm³/mol. The van der Waals surface area contributed by atoms with Crippen molar-refractivity contribution >= 4 is 23.3 Å². The molecule has 1 atom stereocenters. The zero-order chi connectivity index (χ0) is 16.7. The van der Waals surface area contributed by atoms with E-state index in [-0.39, 0.29) is 22.2 Å². The maximum atomic E-state index is 13.7. The molecule has 0 unspecified atom stereocenters. The third-order valence-corrected chi connectivity index (χ3v) is 3.76. The summed E-state index contributed by atoms with van der Waals surface area (Å²) in [6, 6.07) is 2.86. The van der Waals surface area contributed by atoms with E-state index in [9.17, 15) is 18.0 Å². The Labute approximate surface area is 135 Å². The van der Waals surface area contributed by atoms with Crippen molar-refractivity contribution in [3.8, 4) is 23.7 Å². The van der Waals surface area contributed by atoms with Gasteiger partial charge in [-0.1, -0.05) is 17.5 Å². The van der Waals surface area contributed by atoms with Crippen LogP contribution in [0, 0.1) is 29.6 Å². The molecular formula is C16H10ClF3N2O. The molecule has 2 aliphatic rings. The number of hydrogen-bond donors (Lipinski definition) is 2. The van der Waals surface area contributed by atoms with Crippen molar-refractivity contribution in [1.82, 2.24) is 5.32 Å². The summed E-state index contributed by atoms with van der Waals surface area (Å²) >= 11 is 5.82. The molecule has 2 N–H and O–H groups in total. The lowest BCUT2D eigenvalue weighted by atomic mass is 9.86. The summed E-state index contributed by atoms with van der Waals surface area (Å²) in [5, 5.41) is 4.31. The van der Waals surface area contributed by atoms with E-state index >= 15 is 0 Å². The molecule has 3 nitrogen and oxygen atoms in total. The Hall–Kier alpha value is -2.31. The fraction of sp³-hybridized carbons (Fsp3) is 0.312. The summed E-state index contributed by atoms with van der Waals surface area (Å²) in [5.74, 6) is 9.75. The molecule has 0 saturated heterocycles. The van der Waals surface area contributed by atoms with Gasteiger partial charge in [0.05, 0.1) is 0 Å². The van der Waals surface area contributed by atoms with Gasteiger partial charge in [0.15, 0.2) is 0 Å². The maximum absolute atomic E-state index is 13.7. The molecule has 1 heterocycles. The Kier molecular flexibility index (Phi) is 3.66. The van der Waals surface area contributed by atoms with Crippen molar-refractivity contribution in [3.05, 3.63) is 28.8 Å². The summed E-state index contributed by atoms with van der Waals surface area (Å²) < 4.78 is 41.2. The molecule has 1 aliphatic carbocycles. The number of rotatable bonds is 0. The highest BCUT2D eigenvalue weighted by molar-refractivity contribution is 6.30. The molecule has 3 rings (SSSR count). The van der Waals surface area contributed by atoms with Gasteiger partial charge >= 0.3 is 12.2 Å². The Morgan fingerprint density at radius 3 is 2.65 bits per heavy atom. The lowest BCUT2D eigenvalue weighted by Crippen LogP contribution is -2.59. The normalized spacial score (nSPS) is 22.5. The number of halogens is 4. The van der Waals surface area contributed by atoms with Gasteiger partial charge in [0.25, 0.3) is 0 Å². The molecule has 0 spiro atoms. The molecule has 2 amide bonds. The summed E-state index contributed by atoms with van der Waals surface area (Å²) in [4.78, 5) is 11.7. The van der Waals surface area contributed by atoms with E-state index in [0.29, 0.717) is 0 Å². The van der Waals surface area contributed by atoms with Gasteiger partial charge in [-0.3, -0.25) is 0 Å². The van der Waals surface area contributed by atoms with Crippen LogP contribution in [-0.2, 0) is 5.54 Å². The van der Waals surface area contributed by atoms with E-state index in [1.807, 2.05) is 5.32 Å². The number of amides is 2. The SMILES string of the molecule is O=C1Nc2ccc(Cl)cc2[C@@](C#CC#CC2CC2)(C(F)(F)F)N1. The molecule has 1 saturated carbocycles. The molecule has 7 heteroatoms. The standard InChI is InChI=1S/C16H10ClF3N2O/c17-11-6-7-13-12(9-11)15(16(18,19)20,22-14(23)21-13)8-2-1-3-10-4-5-10/h6-7,9-10H,4-5H2,(H2,21,22,23)/t15-/m0/s1. The first-order valence-electron chi connectivity index (χ1n) is 6.80. The largest absolute Gasteiger partial charge is 0.427 e. The molecule has 0 radical (unpaired) electrons. The fourth-order valence-corrected chi connectivity index (χ4v) is 2.38. The quantitative estimate of drug-likeness (QED) is 0.697. The Balaban J connectivity index is 2.14. The molecule has 1 fully saturated rings. The highest BCUT2D eigenvalue weighted by Crippen LogP contribution is 2.44. The van der Waals surface area contributed by atoms with Gasteiger partial charge in [0, 0.05) is 22.2 Å². The third kappa shape index (κ3) is 2.95. The van der Waals surface area contributed by atoms with Gasteiger partial charge in [-0.15, -0.1) is 0 Å². The molecule has 1 aromatic rings. The zero-order valence-electron chi connectivity index (χ0n) is 11.6. The highest BCUT2D eigenvalue weighted by atomic mass is 35.5. The topological polar surface area (TPSA) is 41.1 Å². The number of anilines is 1. The number of carbonyl (C=O) groups is 1. The van der Waals surface area contributed by atoms with Crippen LogP contribution in [-0.4, -0.2) is 12.2 Å². The second-order valence-corrected chi connectivity index (χ2v) is 5.75. The van der Waals surface area contributed by atoms with E-state index in [1.165, 1.54) is 12.1 Å². The smallest absolute Gasteiger partial charge is 0.310 e. The molecule has 23 heavy (non-hydrogen) atoms. The number of hydrogen-bond acceptors (Lipinski definition) is 1. The number of nitrogens with one attached hydrogen (secondary N) is 2. The first kappa shape index (κ1) is 15.6. The summed E-state index contributed by atoms with van der Waals surface area (Å²) in [6.45, 7) is 0. The van der Waals surface area contributed by atoms with Crippen LogP contribution in [0.5, 0.6) is 0 Å². The van der Waals surface area contributed by atoms with Crippen LogP contribution in [0.2, 0.25) is 5.02 Å². The maximum Gasteiger partial charge on any atom is 0.427 e. The molecule has 1 aliphatic heterocycles. The Bertz CT molecular complexity index is 794. The van der Waals surface area contributed by atoms with Gasteiger partial charge in [-0.25, -0.2) is 4.79 Å². The van der Waals surface area contributed by atoms with E-state index in [1.54, 1.807) is 0 Å². The number of alkyl halides is 3. The van der Waals surface area contributed by atoms with E-state index in [4.69, 9.17) is 11.6 Å². The fourth-order valence-electron chi connectivity index (χ4n) is 2.21. The average Bonchev–Trinajstić information content (AvgIpc) is 3.27. The van der Waals surface area contributed by atoms with Gasteiger partial charge in [0.1, 0.15) is 0 Å². The van der Waals surface area contributed by atoms with Crippen LogP contribution in [0.25, 0.3) is 0 Å².